The van der Waals surface area contributed by atoms with E-state index in [9.17, 15) is 4.79 Å². The lowest BCUT2D eigenvalue weighted by molar-refractivity contribution is -0.118. The lowest BCUT2D eigenvalue weighted by Crippen LogP contribution is -2.24. The van der Waals surface area contributed by atoms with Gasteiger partial charge in [-0.2, -0.15) is 0 Å². The highest BCUT2D eigenvalue weighted by molar-refractivity contribution is 7.99. The number of carbonyl (C=O) groups is 1. The van der Waals surface area contributed by atoms with Gasteiger partial charge in [0.2, 0.25) is 5.91 Å². The summed E-state index contributed by atoms with van der Waals surface area (Å²) in [4.78, 5) is 13.6. The van der Waals surface area contributed by atoms with Crippen LogP contribution in [0, 0.1) is 0 Å². The topological polar surface area (TPSA) is 59.8 Å². The second-order valence-corrected chi connectivity index (χ2v) is 8.25. The van der Waals surface area contributed by atoms with Crippen molar-refractivity contribution < 1.29 is 4.79 Å². The van der Waals surface area contributed by atoms with Crippen LogP contribution in [0.25, 0.3) is 11.4 Å². The van der Waals surface area contributed by atoms with Gasteiger partial charge in [-0.05, 0) is 18.1 Å². The van der Waals surface area contributed by atoms with Gasteiger partial charge in [0.05, 0.1) is 5.75 Å². The minimum Gasteiger partial charge on any atom is -0.351 e. The van der Waals surface area contributed by atoms with Crippen molar-refractivity contribution in [3.63, 3.8) is 0 Å². The number of carbonyl (C=O) groups excluding carboxylic acids is 1. The minimum atomic E-state index is -0.0238. The van der Waals surface area contributed by atoms with Crippen molar-refractivity contribution in [3.05, 3.63) is 64.9 Å². The summed E-state index contributed by atoms with van der Waals surface area (Å²) < 4.78 is 2.01. The average Bonchev–Trinajstić information content (AvgIpc) is 3.33. The van der Waals surface area contributed by atoms with E-state index >= 15 is 0 Å². The first-order valence-electron chi connectivity index (χ1n) is 9.26. The number of aryl methyl sites for hydroxylation is 1. The first kappa shape index (κ1) is 20.4. The number of amides is 1. The van der Waals surface area contributed by atoms with E-state index in [1.165, 1.54) is 16.6 Å². The van der Waals surface area contributed by atoms with Crippen LogP contribution in [0.2, 0.25) is 0 Å². The van der Waals surface area contributed by atoms with Crippen molar-refractivity contribution in [1.29, 1.82) is 0 Å². The van der Waals surface area contributed by atoms with Crippen molar-refractivity contribution in [2.75, 3.05) is 5.75 Å². The van der Waals surface area contributed by atoms with Gasteiger partial charge in [0.15, 0.2) is 11.0 Å². The first-order chi connectivity index (χ1) is 13.7. The lowest BCUT2D eigenvalue weighted by Gasteiger charge is -2.07. The Morgan fingerprint density at radius 1 is 1.32 bits per heavy atom. The number of nitrogens with one attached hydrogen (secondary N) is 1. The maximum atomic E-state index is 12.2. The number of allylic oxidation sites excluding steroid dienone is 1. The summed E-state index contributed by atoms with van der Waals surface area (Å²) in [7, 11) is 0. The Bertz CT molecular complexity index is 918. The van der Waals surface area contributed by atoms with E-state index in [0.29, 0.717) is 18.8 Å². The van der Waals surface area contributed by atoms with Gasteiger partial charge in [0.25, 0.3) is 0 Å². The molecule has 28 heavy (non-hydrogen) atoms. The molecule has 1 amide bonds. The Morgan fingerprint density at radius 2 is 2.14 bits per heavy atom. The van der Waals surface area contributed by atoms with Crippen LogP contribution in [0.1, 0.15) is 23.8 Å². The molecule has 0 aliphatic carbocycles. The third-order valence-electron chi connectivity index (χ3n) is 4.10. The molecular formula is C21H24N4OS2. The molecule has 5 nitrogen and oxygen atoms in total. The molecule has 0 saturated carbocycles. The molecule has 0 spiro atoms. The molecule has 3 aromatic rings. The molecule has 1 N–H and O–H groups in total. The molecule has 146 valence electrons. The van der Waals surface area contributed by atoms with Gasteiger partial charge in [-0.15, -0.1) is 28.1 Å². The van der Waals surface area contributed by atoms with Crippen LogP contribution in [-0.4, -0.2) is 26.4 Å². The summed E-state index contributed by atoms with van der Waals surface area (Å²) in [5, 5.41) is 14.5. The molecule has 2 aromatic heterocycles. The third kappa shape index (κ3) is 5.33. The molecule has 0 bridgehead atoms. The predicted molar refractivity (Wildman–Crippen MR) is 117 cm³/mol. The van der Waals surface area contributed by atoms with Crippen molar-refractivity contribution in [2.45, 2.75) is 38.0 Å². The number of hydrogen-bond donors (Lipinski definition) is 1. The number of aromatic nitrogens is 3. The lowest BCUT2D eigenvalue weighted by atomic mass is 10.2. The Labute approximate surface area is 173 Å². The maximum absolute atomic E-state index is 12.2. The van der Waals surface area contributed by atoms with E-state index in [0.717, 1.165) is 34.9 Å². The molecule has 3 rings (SSSR count). The second kappa shape index (κ2) is 10.2. The van der Waals surface area contributed by atoms with Crippen LogP contribution in [0.15, 0.2) is 59.6 Å². The Kier molecular flexibility index (Phi) is 7.45. The fourth-order valence-corrected chi connectivity index (χ4v) is 4.50. The average molecular weight is 413 g/mol. The minimum absolute atomic E-state index is 0.0238. The van der Waals surface area contributed by atoms with E-state index < -0.39 is 0 Å². The van der Waals surface area contributed by atoms with E-state index in [-0.39, 0.29) is 5.91 Å². The summed E-state index contributed by atoms with van der Waals surface area (Å²) in [5.41, 5.74) is 2.15. The van der Waals surface area contributed by atoms with E-state index in [2.05, 4.69) is 40.5 Å². The SMILES string of the molecule is C=CCn1c(SCC(=O)NCc2ccccc2)nnc1-c1csc(CCC)c1. The summed E-state index contributed by atoms with van der Waals surface area (Å²) in [6.45, 7) is 7.15. The molecule has 0 aliphatic rings. The van der Waals surface area contributed by atoms with Crippen molar-refractivity contribution in [1.82, 2.24) is 20.1 Å². The maximum Gasteiger partial charge on any atom is 0.230 e. The van der Waals surface area contributed by atoms with Gasteiger partial charge >= 0.3 is 0 Å². The van der Waals surface area contributed by atoms with Crippen LogP contribution in [0.3, 0.4) is 0 Å². The van der Waals surface area contributed by atoms with E-state index in [1.54, 1.807) is 11.3 Å². The highest BCUT2D eigenvalue weighted by Gasteiger charge is 2.16. The van der Waals surface area contributed by atoms with Gasteiger partial charge in [-0.25, -0.2) is 0 Å². The molecular weight excluding hydrogens is 388 g/mol. The molecule has 0 radical (unpaired) electrons. The first-order valence-corrected chi connectivity index (χ1v) is 11.1. The largest absolute Gasteiger partial charge is 0.351 e. The zero-order valence-electron chi connectivity index (χ0n) is 15.9. The highest BCUT2D eigenvalue weighted by Crippen LogP contribution is 2.28. The number of thiophene rings is 1. The van der Waals surface area contributed by atoms with Gasteiger partial charge < -0.3 is 5.32 Å². The molecule has 0 saturated heterocycles. The van der Waals surface area contributed by atoms with E-state index in [4.69, 9.17) is 0 Å². The van der Waals surface area contributed by atoms with Crippen molar-refractivity contribution >= 4 is 29.0 Å². The normalized spacial score (nSPS) is 10.8. The number of hydrogen-bond acceptors (Lipinski definition) is 5. The second-order valence-electron chi connectivity index (χ2n) is 6.31. The molecule has 0 aliphatic heterocycles. The van der Waals surface area contributed by atoms with Crippen LogP contribution in [-0.2, 0) is 24.3 Å². The Morgan fingerprint density at radius 3 is 2.89 bits per heavy atom. The summed E-state index contributed by atoms with van der Waals surface area (Å²) in [5.74, 6) is 1.10. The van der Waals surface area contributed by atoms with Crippen LogP contribution < -0.4 is 5.32 Å². The molecule has 7 heteroatoms. The standard InChI is InChI=1S/C21H24N4OS2/c1-3-8-18-12-17(14-27-18)20-23-24-21(25(20)11-4-2)28-15-19(26)22-13-16-9-6-5-7-10-16/h4-7,9-10,12,14H,2-3,8,11,13,15H2,1H3,(H,22,26). The molecule has 0 atom stereocenters. The number of rotatable bonds is 10. The highest BCUT2D eigenvalue weighted by atomic mass is 32.2. The summed E-state index contributed by atoms with van der Waals surface area (Å²) >= 11 is 3.15. The Balaban J connectivity index is 1.63. The Hall–Kier alpha value is -2.38. The summed E-state index contributed by atoms with van der Waals surface area (Å²) in [6.07, 6.45) is 4.02. The van der Waals surface area contributed by atoms with Crippen molar-refractivity contribution in [3.8, 4) is 11.4 Å². The predicted octanol–water partition coefficient (Wildman–Crippen LogP) is 4.55. The quantitative estimate of drug-likeness (QED) is 0.392. The molecule has 2 heterocycles. The molecule has 0 unspecified atom stereocenters. The van der Waals surface area contributed by atoms with Crippen LogP contribution in [0.4, 0.5) is 0 Å². The smallest absolute Gasteiger partial charge is 0.230 e. The van der Waals surface area contributed by atoms with Crippen LogP contribution >= 0.6 is 23.1 Å². The summed E-state index contributed by atoms with van der Waals surface area (Å²) in [6, 6.07) is 12.1. The van der Waals surface area contributed by atoms with Gasteiger partial charge in [0.1, 0.15) is 0 Å². The molecule has 1 aromatic carbocycles. The number of thioether (sulfide) groups is 1. The molecule has 0 fully saturated rings. The third-order valence-corrected chi connectivity index (χ3v) is 6.07. The van der Waals surface area contributed by atoms with Crippen molar-refractivity contribution in [2.24, 2.45) is 0 Å². The number of benzene rings is 1. The van der Waals surface area contributed by atoms with Gasteiger partial charge in [0, 0.05) is 28.9 Å². The monoisotopic (exact) mass is 412 g/mol. The fourth-order valence-electron chi connectivity index (χ4n) is 2.76. The number of nitrogens with zero attached hydrogens (tertiary/aromatic N) is 3. The van der Waals surface area contributed by atoms with E-state index in [1.807, 2.05) is 41.0 Å². The zero-order valence-corrected chi connectivity index (χ0v) is 17.6. The fraction of sp³-hybridized carbons (Fsp3) is 0.286. The van der Waals surface area contributed by atoms with Gasteiger partial charge in [-0.3, -0.25) is 9.36 Å². The van der Waals surface area contributed by atoms with Crippen LogP contribution in [0.5, 0.6) is 0 Å². The van der Waals surface area contributed by atoms with Gasteiger partial charge in [-0.1, -0.05) is 61.5 Å². The zero-order chi connectivity index (χ0) is 19.8.